The van der Waals surface area contributed by atoms with E-state index in [-0.39, 0.29) is 12.3 Å². The third-order valence-corrected chi connectivity index (χ3v) is 5.62. The number of rotatable bonds is 8. The average Bonchev–Trinajstić information content (AvgIpc) is 3.11. The Morgan fingerprint density at radius 3 is 2.50 bits per heavy atom. The van der Waals surface area contributed by atoms with Gasteiger partial charge < -0.3 is 20.6 Å². The molecule has 1 aliphatic heterocycles. The Morgan fingerprint density at radius 2 is 1.79 bits per heavy atom. The Morgan fingerprint density at radius 1 is 1.03 bits per heavy atom. The quantitative estimate of drug-likeness (QED) is 0.433. The van der Waals surface area contributed by atoms with Crippen LogP contribution in [0.5, 0.6) is 0 Å². The topological polar surface area (TPSA) is 81.7 Å². The van der Waals surface area contributed by atoms with E-state index >= 15 is 0 Å². The van der Waals surface area contributed by atoms with Gasteiger partial charge in [-0.05, 0) is 67.5 Å². The maximum atomic E-state index is 13.8. The molecule has 1 aliphatic rings. The summed E-state index contributed by atoms with van der Waals surface area (Å²) in [5, 5.41) is 15.2. The van der Waals surface area contributed by atoms with Crippen LogP contribution < -0.4 is 10.6 Å². The first-order chi connectivity index (χ1) is 16.3. The van der Waals surface area contributed by atoms with Crippen molar-refractivity contribution in [2.75, 3.05) is 31.3 Å². The zero-order chi connectivity index (χ0) is 24.2. The molecule has 174 valence electrons. The van der Waals surface area contributed by atoms with Crippen molar-refractivity contribution in [1.29, 1.82) is 0 Å². The second-order valence-corrected chi connectivity index (χ2v) is 8.54. The Kier molecular flexibility index (Phi) is 6.75. The van der Waals surface area contributed by atoms with Crippen molar-refractivity contribution >= 4 is 34.5 Å². The van der Waals surface area contributed by atoms with Gasteiger partial charge in [-0.2, -0.15) is 0 Å². The summed E-state index contributed by atoms with van der Waals surface area (Å²) in [5.74, 6) is -1.67. The summed E-state index contributed by atoms with van der Waals surface area (Å²) in [6.45, 7) is 0.907. The maximum Gasteiger partial charge on any atom is 0.307 e. The molecule has 7 heteroatoms. The molecule has 34 heavy (non-hydrogen) atoms. The molecule has 3 aromatic rings. The van der Waals surface area contributed by atoms with Crippen LogP contribution in [0.1, 0.15) is 22.3 Å². The molecule has 1 amide bonds. The smallest absolute Gasteiger partial charge is 0.307 e. The minimum Gasteiger partial charge on any atom is -0.481 e. The molecule has 0 spiro atoms. The molecular weight excluding hydrogens is 433 g/mol. The van der Waals surface area contributed by atoms with Crippen LogP contribution in [-0.4, -0.2) is 42.5 Å². The molecule has 0 fully saturated rings. The highest BCUT2D eigenvalue weighted by atomic mass is 19.1. The Balaban J connectivity index is 1.78. The number of carbonyl (C=O) groups is 2. The number of benzene rings is 3. The monoisotopic (exact) mass is 459 g/mol. The van der Waals surface area contributed by atoms with Gasteiger partial charge in [0.2, 0.25) is 0 Å². The van der Waals surface area contributed by atoms with Gasteiger partial charge in [-0.3, -0.25) is 9.59 Å². The van der Waals surface area contributed by atoms with E-state index in [0.29, 0.717) is 28.1 Å². The minimum absolute atomic E-state index is 0.0872. The number of carboxylic acids is 1. The number of carbonyl (C=O) groups excluding carboxylic acids is 1. The fourth-order valence-corrected chi connectivity index (χ4v) is 3.94. The molecule has 0 bridgehead atoms. The van der Waals surface area contributed by atoms with Gasteiger partial charge in [-0.15, -0.1) is 0 Å². The molecule has 3 N–H and O–H groups in total. The van der Waals surface area contributed by atoms with Gasteiger partial charge in [0.1, 0.15) is 5.82 Å². The van der Waals surface area contributed by atoms with E-state index in [1.165, 1.54) is 12.1 Å². The minimum atomic E-state index is -0.912. The van der Waals surface area contributed by atoms with Crippen LogP contribution in [-0.2, 0) is 22.4 Å². The van der Waals surface area contributed by atoms with Gasteiger partial charge in [-0.1, -0.05) is 36.4 Å². The summed E-state index contributed by atoms with van der Waals surface area (Å²) in [6, 6.07) is 19.3. The zero-order valence-corrected chi connectivity index (χ0v) is 19.1. The third-order valence-electron chi connectivity index (χ3n) is 5.62. The fourth-order valence-electron chi connectivity index (χ4n) is 3.94. The second kappa shape index (κ2) is 9.89. The molecule has 0 unspecified atom stereocenters. The number of nitrogens with zero attached hydrogens (tertiary/aromatic N) is 1. The number of amides is 1. The first-order valence-electron chi connectivity index (χ1n) is 11.0. The summed E-state index contributed by atoms with van der Waals surface area (Å²) in [6.07, 6.45) is 0.789. The lowest BCUT2D eigenvalue weighted by Crippen LogP contribution is -2.15. The summed E-state index contributed by atoms with van der Waals surface area (Å²) in [7, 11) is 4.05. The fraction of sp³-hybridized carbons (Fsp3) is 0.185. The van der Waals surface area contributed by atoms with Crippen LogP contribution in [0.3, 0.4) is 0 Å². The molecule has 6 nitrogen and oxygen atoms in total. The van der Waals surface area contributed by atoms with Gasteiger partial charge in [0.05, 0.1) is 23.4 Å². The van der Waals surface area contributed by atoms with Crippen molar-refractivity contribution in [1.82, 2.24) is 4.90 Å². The van der Waals surface area contributed by atoms with Crippen molar-refractivity contribution < 1.29 is 19.1 Å². The van der Waals surface area contributed by atoms with Crippen molar-refractivity contribution in [3.63, 3.8) is 0 Å². The number of nitrogens with one attached hydrogen (secondary N) is 2. The molecule has 0 aromatic heterocycles. The normalized spacial score (nSPS) is 14.1. The number of anilines is 2. The van der Waals surface area contributed by atoms with E-state index in [1.807, 2.05) is 32.3 Å². The Labute approximate surface area is 197 Å². The summed E-state index contributed by atoms with van der Waals surface area (Å²) >= 11 is 0. The first kappa shape index (κ1) is 23.2. The highest BCUT2D eigenvalue weighted by molar-refractivity contribution is 6.37. The van der Waals surface area contributed by atoms with E-state index in [9.17, 15) is 14.0 Å². The largest absolute Gasteiger partial charge is 0.481 e. The van der Waals surface area contributed by atoms with Crippen LogP contribution in [0.4, 0.5) is 15.8 Å². The predicted octanol–water partition coefficient (Wildman–Crippen LogP) is 4.49. The number of halogens is 1. The van der Waals surface area contributed by atoms with Gasteiger partial charge in [0.15, 0.2) is 0 Å². The van der Waals surface area contributed by atoms with Gasteiger partial charge in [-0.25, -0.2) is 4.39 Å². The number of hydrogen-bond acceptors (Lipinski definition) is 4. The van der Waals surface area contributed by atoms with Gasteiger partial charge >= 0.3 is 5.97 Å². The number of hydrogen-bond donors (Lipinski definition) is 3. The number of fused-ring (bicyclic) bond motifs is 1. The molecule has 0 saturated heterocycles. The zero-order valence-electron chi connectivity index (χ0n) is 19.1. The van der Waals surface area contributed by atoms with Crippen LogP contribution in [0, 0.1) is 5.82 Å². The number of aliphatic carboxylic acids is 1. The predicted molar refractivity (Wildman–Crippen MR) is 132 cm³/mol. The van der Waals surface area contributed by atoms with Crippen LogP contribution in [0.15, 0.2) is 66.7 Å². The number of carboxylic acid groups (broad SMARTS) is 1. The lowest BCUT2D eigenvalue weighted by atomic mass is 9.98. The molecule has 3 aromatic carbocycles. The Bertz CT molecular complexity index is 1270. The lowest BCUT2D eigenvalue weighted by molar-refractivity contribution is -0.136. The molecule has 0 atom stereocenters. The van der Waals surface area contributed by atoms with Crippen LogP contribution in [0.25, 0.3) is 11.3 Å². The SMILES string of the molecule is CN(C)CCc1cccc(NC(=C2C(=O)Nc3cc(F)ccc32)c2ccc(CC(=O)O)cc2)c1. The average molecular weight is 460 g/mol. The molecule has 4 rings (SSSR count). The molecule has 0 saturated carbocycles. The maximum absolute atomic E-state index is 13.8. The van der Waals surface area contributed by atoms with E-state index < -0.39 is 11.8 Å². The highest BCUT2D eigenvalue weighted by Gasteiger charge is 2.29. The Hall–Kier alpha value is -3.97. The van der Waals surface area contributed by atoms with Crippen molar-refractivity contribution in [2.24, 2.45) is 0 Å². The standard InChI is InChI=1S/C27H26FN3O3/c1-31(2)13-12-17-4-3-5-21(14-17)29-26(19-8-6-18(7-9-19)15-24(32)33)25-22-11-10-20(28)16-23(22)30-27(25)34/h3-11,14,16,29H,12-13,15H2,1-2H3,(H,30,34)(H,32,33). The van der Waals surface area contributed by atoms with E-state index in [4.69, 9.17) is 5.11 Å². The second-order valence-electron chi connectivity index (χ2n) is 8.54. The van der Waals surface area contributed by atoms with E-state index in [2.05, 4.69) is 21.6 Å². The first-order valence-corrected chi connectivity index (χ1v) is 11.0. The van der Waals surface area contributed by atoms with Crippen LogP contribution >= 0.6 is 0 Å². The third kappa shape index (κ3) is 5.32. The van der Waals surface area contributed by atoms with Crippen molar-refractivity contribution in [3.8, 4) is 0 Å². The lowest BCUT2D eigenvalue weighted by Gasteiger charge is -2.16. The van der Waals surface area contributed by atoms with Crippen LogP contribution in [0.2, 0.25) is 0 Å². The molecule has 0 aliphatic carbocycles. The summed E-state index contributed by atoms with van der Waals surface area (Å²) < 4.78 is 13.8. The highest BCUT2D eigenvalue weighted by Crippen LogP contribution is 2.38. The molecular formula is C27H26FN3O3. The van der Waals surface area contributed by atoms with Crippen molar-refractivity contribution in [2.45, 2.75) is 12.8 Å². The molecule has 0 radical (unpaired) electrons. The van der Waals surface area contributed by atoms with Gasteiger partial charge in [0, 0.05) is 17.8 Å². The van der Waals surface area contributed by atoms with Gasteiger partial charge in [0.25, 0.3) is 5.91 Å². The van der Waals surface area contributed by atoms with E-state index in [1.54, 1.807) is 30.3 Å². The van der Waals surface area contributed by atoms with E-state index in [0.717, 1.165) is 29.8 Å². The number of likely N-dealkylation sites (N-methyl/N-ethyl adjacent to an activating group) is 1. The van der Waals surface area contributed by atoms with Crippen molar-refractivity contribution in [3.05, 3.63) is 94.8 Å². The summed E-state index contributed by atoms with van der Waals surface area (Å²) in [5.41, 5.74) is 5.33. The summed E-state index contributed by atoms with van der Waals surface area (Å²) in [4.78, 5) is 26.2. The molecule has 1 heterocycles.